The Kier molecular flexibility index (Phi) is 5.16. The van der Waals surface area contributed by atoms with E-state index >= 15 is 0 Å². The highest BCUT2D eigenvalue weighted by Crippen LogP contribution is 2.29. The summed E-state index contributed by atoms with van der Waals surface area (Å²) < 4.78 is 18.3. The van der Waals surface area contributed by atoms with Crippen LogP contribution in [0.15, 0.2) is 42.5 Å². The maximum absolute atomic E-state index is 13.3. The van der Waals surface area contributed by atoms with E-state index in [1.165, 1.54) is 11.6 Å². The zero-order chi connectivity index (χ0) is 14.5. The Hall–Kier alpha value is -1.38. The van der Waals surface area contributed by atoms with Crippen molar-refractivity contribution in [3.8, 4) is 0 Å². The number of ether oxygens (including phenoxy) is 1. The van der Waals surface area contributed by atoms with Crippen molar-refractivity contribution in [3.63, 3.8) is 0 Å². The molecule has 1 atom stereocenters. The summed E-state index contributed by atoms with van der Waals surface area (Å²) in [6, 6.07) is 13.1. The average molecular weight is 293 g/mol. The first-order chi connectivity index (χ1) is 9.61. The van der Waals surface area contributed by atoms with Gasteiger partial charge in [-0.15, -0.1) is 11.6 Å². The second-order valence-electron chi connectivity index (χ2n) is 4.86. The van der Waals surface area contributed by atoms with Crippen molar-refractivity contribution in [3.05, 3.63) is 70.5 Å². The van der Waals surface area contributed by atoms with Crippen LogP contribution in [0.5, 0.6) is 0 Å². The third kappa shape index (κ3) is 3.59. The molecule has 0 spiro atoms. The molecule has 2 aromatic rings. The number of methoxy groups -OCH3 is 1. The van der Waals surface area contributed by atoms with Gasteiger partial charge in [-0.2, -0.15) is 0 Å². The summed E-state index contributed by atoms with van der Waals surface area (Å²) in [5.74, 6) is -0.201. The Morgan fingerprint density at radius 2 is 1.75 bits per heavy atom. The molecule has 0 radical (unpaired) electrons. The van der Waals surface area contributed by atoms with E-state index in [9.17, 15) is 4.39 Å². The number of rotatable bonds is 5. The minimum absolute atomic E-state index is 0.201. The van der Waals surface area contributed by atoms with Crippen molar-refractivity contribution in [2.75, 3.05) is 13.7 Å². The molecule has 3 heteroatoms. The van der Waals surface area contributed by atoms with Gasteiger partial charge in [-0.1, -0.05) is 36.4 Å². The largest absolute Gasteiger partial charge is 0.384 e. The molecular weight excluding hydrogens is 275 g/mol. The summed E-state index contributed by atoms with van der Waals surface area (Å²) in [6.45, 7) is 2.46. The summed E-state index contributed by atoms with van der Waals surface area (Å²) in [7, 11) is 1.69. The van der Waals surface area contributed by atoms with Crippen molar-refractivity contribution in [1.29, 1.82) is 0 Å². The molecule has 1 unspecified atom stereocenters. The lowest BCUT2D eigenvalue weighted by Crippen LogP contribution is -1.97. The van der Waals surface area contributed by atoms with Crippen LogP contribution in [0.2, 0.25) is 0 Å². The molecule has 2 rings (SSSR count). The van der Waals surface area contributed by atoms with Crippen LogP contribution < -0.4 is 0 Å². The van der Waals surface area contributed by atoms with Gasteiger partial charge in [0.25, 0.3) is 0 Å². The van der Waals surface area contributed by atoms with E-state index < -0.39 is 0 Å². The number of aryl methyl sites for hydroxylation is 1. The van der Waals surface area contributed by atoms with E-state index in [2.05, 4.69) is 12.1 Å². The third-order valence-corrected chi connectivity index (χ3v) is 3.85. The van der Waals surface area contributed by atoms with E-state index in [0.717, 1.165) is 17.5 Å². The second kappa shape index (κ2) is 6.87. The van der Waals surface area contributed by atoms with Gasteiger partial charge in [-0.05, 0) is 41.7 Å². The highest BCUT2D eigenvalue weighted by atomic mass is 35.5. The van der Waals surface area contributed by atoms with Gasteiger partial charge in [-0.25, -0.2) is 4.39 Å². The second-order valence-corrected chi connectivity index (χ2v) is 5.29. The fraction of sp³-hybridized carbons (Fsp3) is 0.294. The Morgan fingerprint density at radius 3 is 2.35 bits per heavy atom. The van der Waals surface area contributed by atoms with Crippen LogP contribution >= 0.6 is 11.6 Å². The molecule has 0 aliphatic carbocycles. The topological polar surface area (TPSA) is 9.23 Å². The molecule has 0 saturated heterocycles. The Morgan fingerprint density at radius 1 is 1.10 bits per heavy atom. The average Bonchev–Trinajstić information content (AvgIpc) is 2.48. The Balaban J connectivity index is 2.15. The van der Waals surface area contributed by atoms with E-state index in [-0.39, 0.29) is 11.2 Å². The van der Waals surface area contributed by atoms with Gasteiger partial charge in [0, 0.05) is 7.11 Å². The molecule has 0 N–H and O–H groups in total. The number of hydrogen-bond donors (Lipinski definition) is 0. The quantitative estimate of drug-likeness (QED) is 0.729. The molecule has 2 aromatic carbocycles. The number of benzene rings is 2. The zero-order valence-corrected chi connectivity index (χ0v) is 12.5. The van der Waals surface area contributed by atoms with Crippen molar-refractivity contribution in [1.82, 2.24) is 0 Å². The van der Waals surface area contributed by atoms with Crippen LogP contribution in [0.25, 0.3) is 0 Å². The van der Waals surface area contributed by atoms with Crippen LogP contribution in [0.3, 0.4) is 0 Å². The summed E-state index contributed by atoms with van der Waals surface area (Å²) in [5, 5.41) is -0.259. The van der Waals surface area contributed by atoms with E-state index in [4.69, 9.17) is 16.3 Å². The molecule has 106 valence electrons. The van der Waals surface area contributed by atoms with Gasteiger partial charge in [0.05, 0.1) is 12.0 Å². The smallest absolute Gasteiger partial charge is 0.126 e. The SMILES string of the molecule is COCCc1ccc(C(Cl)c2ccc(F)c(C)c2)cc1. The van der Waals surface area contributed by atoms with E-state index in [0.29, 0.717) is 12.2 Å². The normalized spacial score (nSPS) is 12.4. The first-order valence-corrected chi connectivity index (χ1v) is 7.03. The van der Waals surface area contributed by atoms with Crippen LogP contribution in [0.1, 0.15) is 27.6 Å². The fourth-order valence-corrected chi connectivity index (χ4v) is 2.37. The van der Waals surface area contributed by atoms with Crippen LogP contribution in [0, 0.1) is 12.7 Å². The summed E-state index contributed by atoms with van der Waals surface area (Å²) in [6.07, 6.45) is 0.888. The minimum atomic E-state index is -0.259. The predicted molar refractivity (Wildman–Crippen MR) is 80.9 cm³/mol. The number of hydrogen-bond acceptors (Lipinski definition) is 1. The lowest BCUT2D eigenvalue weighted by molar-refractivity contribution is 0.202. The van der Waals surface area contributed by atoms with Crippen LogP contribution in [-0.2, 0) is 11.2 Å². The van der Waals surface area contributed by atoms with Crippen molar-refractivity contribution in [2.45, 2.75) is 18.7 Å². The predicted octanol–water partition coefficient (Wildman–Crippen LogP) is 4.65. The first kappa shape index (κ1) is 15.0. The summed E-state index contributed by atoms with van der Waals surface area (Å²) in [5.41, 5.74) is 3.76. The highest BCUT2D eigenvalue weighted by Gasteiger charge is 2.12. The van der Waals surface area contributed by atoms with Crippen molar-refractivity contribution in [2.24, 2.45) is 0 Å². The summed E-state index contributed by atoms with van der Waals surface area (Å²) >= 11 is 6.47. The monoisotopic (exact) mass is 292 g/mol. The molecular formula is C17H18ClFO. The molecule has 0 bridgehead atoms. The minimum Gasteiger partial charge on any atom is -0.384 e. The fourth-order valence-electron chi connectivity index (χ4n) is 2.09. The maximum Gasteiger partial charge on any atom is 0.126 e. The van der Waals surface area contributed by atoms with E-state index in [1.807, 2.05) is 12.1 Å². The molecule has 0 saturated carbocycles. The molecule has 0 amide bonds. The van der Waals surface area contributed by atoms with Gasteiger partial charge in [0.1, 0.15) is 5.82 Å². The van der Waals surface area contributed by atoms with Gasteiger partial charge in [-0.3, -0.25) is 0 Å². The van der Waals surface area contributed by atoms with Gasteiger partial charge in [0.2, 0.25) is 0 Å². The Labute approximate surface area is 124 Å². The molecule has 0 fully saturated rings. The van der Waals surface area contributed by atoms with Crippen LogP contribution in [-0.4, -0.2) is 13.7 Å². The summed E-state index contributed by atoms with van der Waals surface area (Å²) in [4.78, 5) is 0. The van der Waals surface area contributed by atoms with Gasteiger partial charge >= 0.3 is 0 Å². The van der Waals surface area contributed by atoms with Gasteiger partial charge < -0.3 is 4.74 Å². The molecule has 1 nitrogen and oxygen atoms in total. The van der Waals surface area contributed by atoms with E-state index in [1.54, 1.807) is 26.2 Å². The van der Waals surface area contributed by atoms with Crippen molar-refractivity contribution < 1.29 is 9.13 Å². The lowest BCUT2D eigenvalue weighted by atomic mass is 10.0. The number of alkyl halides is 1. The third-order valence-electron chi connectivity index (χ3n) is 3.34. The molecule has 0 aliphatic rings. The van der Waals surface area contributed by atoms with Crippen LogP contribution in [0.4, 0.5) is 4.39 Å². The van der Waals surface area contributed by atoms with Crippen molar-refractivity contribution >= 4 is 11.6 Å². The molecule has 20 heavy (non-hydrogen) atoms. The highest BCUT2D eigenvalue weighted by molar-refractivity contribution is 6.22. The molecule has 0 aliphatic heterocycles. The molecule has 0 aromatic heterocycles. The lowest BCUT2D eigenvalue weighted by Gasteiger charge is -2.12. The zero-order valence-electron chi connectivity index (χ0n) is 11.7. The first-order valence-electron chi connectivity index (χ1n) is 6.59. The Bertz CT molecular complexity index is 566. The van der Waals surface area contributed by atoms with Gasteiger partial charge in [0.15, 0.2) is 0 Å². The molecule has 0 heterocycles. The standard InChI is InChI=1S/C17H18ClFO/c1-12-11-15(7-8-16(12)19)17(18)14-5-3-13(4-6-14)9-10-20-2/h3-8,11,17H,9-10H2,1-2H3. The number of halogens is 2. The maximum atomic E-state index is 13.3.